The SMILES string of the molecule is CCNS(=O)(=O)CCNc1ccc(C)cc1[N+](=O)[O-]. The highest BCUT2D eigenvalue weighted by Gasteiger charge is 2.14. The Hall–Kier alpha value is -1.67. The summed E-state index contributed by atoms with van der Waals surface area (Å²) in [6.45, 7) is 3.88. The third kappa shape index (κ3) is 4.84. The molecule has 0 aromatic heterocycles. The van der Waals surface area contributed by atoms with Crippen molar-refractivity contribution in [2.75, 3.05) is 24.2 Å². The Morgan fingerprint density at radius 2 is 2.05 bits per heavy atom. The van der Waals surface area contributed by atoms with Gasteiger partial charge in [0.15, 0.2) is 0 Å². The van der Waals surface area contributed by atoms with Crippen molar-refractivity contribution < 1.29 is 13.3 Å². The van der Waals surface area contributed by atoms with Gasteiger partial charge in [0.1, 0.15) is 5.69 Å². The van der Waals surface area contributed by atoms with E-state index in [2.05, 4.69) is 10.0 Å². The van der Waals surface area contributed by atoms with Gasteiger partial charge in [-0.2, -0.15) is 0 Å². The summed E-state index contributed by atoms with van der Waals surface area (Å²) in [5, 5.41) is 13.6. The predicted octanol–water partition coefficient (Wildman–Crippen LogP) is 1.25. The summed E-state index contributed by atoms with van der Waals surface area (Å²) in [5.41, 5.74) is 1.04. The second kappa shape index (κ2) is 6.48. The van der Waals surface area contributed by atoms with Crippen LogP contribution in [-0.4, -0.2) is 32.2 Å². The lowest BCUT2D eigenvalue weighted by atomic mass is 10.2. The van der Waals surface area contributed by atoms with Gasteiger partial charge < -0.3 is 5.32 Å². The number of sulfonamides is 1. The number of benzene rings is 1. The first-order valence-corrected chi connectivity index (χ1v) is 7.47. The quantitative estimate of drug-likeness (QED) is 0.580. The first kappa shape index (κ1) is 15.4. The highest BCUT2D eigenvalue weighted by Crippen LogP contribution is 2.24. The third-order valence-electron chi connectivity index (χ3n) is 2.40. The van der Waals surface area contributed by atoms with Crippen molar-refractivity contribution >= 4 is 21.4 Å². The third-order valence-corrected chi connectivity index (χ3v) is 3.87. The number of hydrogen-bond donors (Lipinski definition) is 2. The number of aryl methyl sites for hydroxylation is 1. The maximum absolute atomic E-state index is 11.4. The van der Waals surface area contributed by atoms with E-state index in [4.69, 9.17) is 0 Å². The van der Waals surface area contributed by atoms with Crippen LogP contribution < -0.4 is 10.0 Å². The maximum atomic E-state index is 11.4. The van der Waals surface area contributed by atoms with E-state index in [9.17, 15) is 18.5 Å². The fourth-order valence-corrected chi connectivity index (χ4v) is 2.51. The van der Waals surface area contributed by atoms with Crippen molar-refractivity contribution in [3.63, 3.8) is 0 Å². The molecule has 2 N–H and O–H groups in total. The zero-order valence-corrected chi connectivity index (χ0v) is 11.7. The highest BCUT2D eigenvalue weighted by atomic mass is 32.2. The molecule has 8 heteroatoms. The Kier molecular flexibility index (Phi) is 5.25. The van der Waals surface area contributed by atoms with Gasteiger partial charge >= 0.3 is 0 Å². The normalized spacial score (nSPS) is 11.3. The summed E-state index contributed by atoms with van der Waals surface area (Å²) < 4.78 is 25.2. The largest absolute Gasteiger partial charge is 0.378 e. The first-order valence-electron chi connectivity index (χ1n) is 5.82. The number of nitro benzene ring substituents is 1. The second-order valence-electron chi connectivity index (χ2n) is 4.02. The minimum atomic E-state index is -3.33. The van der Waals surface area contributed by atoms with Crippen molar-refractivity contribution in [1.29, 1.82) is 0 Å². The Bertz CT molecular complexity index is 557. The van der Waals surface area contributed by atoms with Crippen molar-refractivity contribution in [3.05, 3.63) is 33.9 Å². The zero-order valence-electron chi connectivity index (χ0n) is 10.8. The monoisotopic (exact) mass is 287 g/mol. The van der Waals surface area contributed by atoms with Crippen LogP contribution in [0.5, 0.6) is 0 Å². The number of nitro groups is 1. The van der Waals surface area contributed by atoms with Crippen LogP contribution in [0.4, 0.5) is 11.4 Å². The van der Waals surface area contributed by atoms with Crippen LogP contribution in [0.3, 0.4) is 0 Å². The topological polar surface area (TPSA) is 101 Å². The van der Waals surface area contributed by atoms with Gasteiger partial charge in [-0.3, -0.25) is 10.1 Å². The van der Waals surface area contributed by atoms with Crippen molar-refractivity contribution in [2.45, 2.75) is 13.8 Å². The molecule has 0 spiro atoms. The minimum absolute atomic E-state index is 0.0548. The van der Waals surface area contributed by atoms with Crippen LogP contribution in [0.2, 0.25) is 0 Å². The van der Waals surface area contributed by atoms with Crippen LogP contribution in [0, 0.1) is 17.0 Å². The molecule has 19 heavy (non-hydrogen) atoms. The highest BCUT2D eigenvalue weighted by molar-refractivity contribution is 7.89. The molecule has 0 atom stereocenters. The lowest BCUT2D eigenvalue weighted by molar-refractivity contribution is -0.384. The van der Waals surface area contributed by atoms with Crippen LogP contribution >= 0.6 is 0 Å². The standard InChI is InChI=1S/C11H17N3O4S/c1-3-13-19(17,18)7-6-12-10-5-4-9(2)8-11(10)14(15)16/h4-5,8,12-13H,3,6-7H2,1-2H3. The van der Waals surface area contributed by atoms with E-state index >= 15 is 0 Å². The first-order chi connectivity index (χ1) is 8.85. The van der Waals surface area contributed by atoms with E-state index in [1.165, 1.54) is 6.07 Å². The molecule has 0 amide bonds. The smallest absolute Gasteiger partial charge is 0.292 e. The number of anilines is 1. The van der Waals surface area contributed by atoms with Crippen LogP contribution in [-0.2, 0) is 10.0 Å². The van der Waals surface area contributed by atoms with E-state index in [1.807, 2.05) is 0 Å². The summed E-state index contributed by atoms with van der Waals surface area (Å²) >= 11 is 0. The van der Waals surface area contributed by atoms with Gasteiger partial charge in [0.2, 0.25) is 10.0 Å². The summed E-state index contributed by atoms with van der Waals surface area (Å²) in [6.07, 6.45) is 0. The molecule has 0 aliphatic rings. The van der Waals surface area contributed by atoms with Crippen molar-refractivity contribution in [2.24, 2.45) is 0 Å². The molecule has 1 aromatic rings. The summed E-state index contributed by atoms with van der Waals surface area (Å²) in [7, 11) is -3.33. The predicted molar refractivity (Wildman–Crippen MR) is 73.8 cm³/mol. The molecule has 0 saturated carbocycles. The molecule has 106 valence electrons. The van der Waals surface area contributed by atoms with E-state index < -0.39 is 14.9 Å². The van der Waals surface area contributed by atoms with Gasteiger partial charge in [-0.25, -0.2) is 13.1 Å². The molecule has 0 unspecified atom stereocenters. The second-order valence-corrected chi connectivity index (χ2v) is 5.95. The summed E-state index contributed by atoms with van der Waals surface area (Å²) in [4.78, 5) is 10.4. The van der Waals surface area contributed by atoms with Gasteiger partial charge in [0, 0.05) is 19.2 Å². The molecule has 0 bridgehead atoms. The molecule has 0 saturated heterocycles. The Labute approximate surface area is 112 Å². The molecular weight excluding hydrogens is 270 g/mol. The van der Waals surface area contributed by atoms with Gasteiger partial charge in [0.25, 0.3) is 5.69 Å². The van der Waals surface area contributed by atoms with Crippen LogP contribution in [0.25, 0.3) is 0 Å². The fourth-order valence-electron chi connectivity index (χ4n) is 1.55. The molecule has 1 rings (SSSR count). The molecular formula is C11H17N3O4S. The van der Waals surface area contributed by atoms with Crippen molar-refractivity contribution in [1.82, 2.24) is 4.72 Å². The van der Waals surface area contributed by atoms with Gasteiger partial charge in [-0.15, -0.1) is 0 Å². The van der Waals surface area contributed by atoms with E-state index in [-0.39, 0.29) is 18.0 Å². The van der Waals surface area contributed by atoms with Gasteiger partial charge in [-0.05, 0) is 18.6 Å². The fraction of sp³-hybridized carbons (Fsp3) is 0.455. The minimum Gasteiger partial charge on any atom is -0.378 e. The van der Waals surface area contributed by atoms with Crippen molar-refractivity contribution in [3.8, 4) is 0 Å². The van der Waals surface area contributed by atoms with E-state index in [0.29, 0.717) is 12.2 Å². The number of rotatable bonds is 7. The maximum Gasteiger partial charge on any atom is 0.292 e. The lowest BCUT2D eigenvalue weighted by Crippen LogP contribution is -2.29. The van der Waals surface area contributed by atoms with Gasteiger partial charge in [0.05, 0.1) is 10.7 Å². The van der Waals surface area contributed by atoms with E-state index in [0.717, 1.165) is 5.56 Å². The van der Waals surface area contributed by atoms with Crippen LogP contribution in [0.15, 0.2) is 18.2 Å². The number of nitrogens with one attached hydrogen (secondary N) is 2. The number of nitrogens with zero attached hydrogens (tertiary/aromatic N) is 1. The zero-order chi connectivity index (χ0) is 14.5. The summed E-state index contributed by atoms with van der Waals surface area (Å²) in [5.74, 6) is -0.133. The number of hydrogen-bond acceptors (Lipinski definition) is 5. The molecule has 7 nitrogen and oxygen atoms in total. The van der Waals surface area contributed by atoms with Gasteiger partial charge in [-0.1, -0.05) is 13.0 Å². The molecule has 0 aliphatic heterocycles. The Balaban J connectivity index is 2.71. The molecule has 0 heterocycles. The lowest BCUT2D eigenvalue weighted by Gasteiger charge is -2.08. The molecule has 1 aromatic carbocycles. The van der Waals surface area contributed by atoms with E-state index in [1.54, 1.807) is 26.0 Å². The summed E-state index contributed by atoms with van der Waals surface area (Å²) in [6, 6.07) is 4.75. The average Bonchev–Trinajstić information content (AvgIpc) is 2.30. The molecule has 0 radical (unpaired) electrons. The molecule has 0 fully saturated rings. The van der Waals surface area contributed by atoms with Crippen LogP contribution in [0.1, 0.15) is 12.5 Å². The molecule has 0 aliphatic carbocycles. The Morgan fingerprint density at radius 1 is 1.37 bits per heavy atom. The Morgan fingerprint density at radius 3 is 2.63 bits per heavy atom. The average molecular weight is 287 g/mol.